The van der Waals surface area contributed by atoms with E-state index in [-0.39, 0.29) is 22.6 Å². The molecule has 0 aliphatic heterocycles. The first-order valence-electron chi connectivity index (χ1n) is 4.22. The summed E-state index contributed by atoms with van der Waals surface area (Å²) in [5.74, 6) is 0.130. The number of Topliss-reactive ketones (excluding diaryl/α,β-unsaturated/α-hetero) is 1. The highest BCUT2D eigenvalue weighted by Gasteiger charge is 2.08. The minimum absolute atomic E-state index is 0.160. The van der Waals surface area contributed by atoms with Gasteiger partial charge in [-0.1, -0.05) is 11.6 Å². The molecule has 0 N–H and O–H groups in total. The normalized spacial score (nSPS) is 10.3. The molecule has 2 aromatic rings. The number of hydrogen-bond donors (Lipinski definition) is 0. The van der Waals surface area contributed by atoms with E-state index in [9.17, 15) is 4.79 Å². The predicted octanol–water partition coefficient (Wildman–Crippen LogP) is 1.52. The third kappa shape index (κ3) is 2.02. The zero-order valence-electron chi connectivity index (χ0n) is 7.88. The molecular weight excluding hydrogens is 216 g/mol. The van der Waals surface area contributed by atoms with Gasteiger partial charge >= 0.3 is 0 Å². The van der Waals surface area contributed by atoms with Crippen molar-refractivity contribution in [1.29, 1.82) is 0 Å². The van der Waals surface area contributed by atoms with Crippen LogP contribution in [0.15, 0.2) is 24.5 Å². The van der Waals surface area contributed by atoms with Gasteiger partial charge in [-0.15, -0.1) is 0 Å². The molecule has 0 fully saturated rings. The highest BCUT2D eigenvalue weighted by Crippen LogP contribution is 2.10. The lowest BCUT2D eigenvalue weighted by Gasteiger charge is -2.01. The fourth-order valence-electron chi connectivity index (χ4n) is 1.08. The van der Waals surface area contributed by atoms with E-state index < -0.39 is 0 Å². The standard InChI is InChI=1S/C9H7ClN4O/c1-6(15)7-5-8(10)13-9(12-7)14-4-2-3-11-14/h2-5H,1H3. The minimum atomic E-state index is -0.160. The van der Waals surface area contributed by atoms with Crippen LogP contribution in [0.3, 0.4) is 0 Å². The highest BCUT2D eigenvalue weighted by atomic mass is 35.5. The third-order valence-electron chi connectivity index (χ3n) is 1.75. The van der Waals surface area contributed by atoms with Crippen LogP contribution in [0.4, 0.5) is 0 Å². The van der Waals surface area contributed by atoms with Crippen LogP contribution in [0.25, 0.3) is 5.95 Å². The summed E-state index contributed by atoms with van der Waals surface area (Å²) >= 11 is 5.77. The first kappa shape index (κ1) is 9.79. The van der Waals surface area contributed by atoms with Crippen molar-refractivity contribution < 1.29 is 4.79 Å². The summed E-state index contributed by atoms with van der Waals surface area (Å²) in [4.78, 5) is 19.1. The van der Waals surface area contributed by atoms with Gasteiger partial charge in [-0.3, -0.25) is 4.79 Å². The lowest BCUT2D eigenvalue weighted by molar-refractivity contribution is 0.101. The van der Waals surface area contributed by atoms with Crippen LogP contribution >= 0.6 is 11.6 Å². The topological polar surface area (TPSA) is 60.7 Å². The largest absolute Gasteiger partial charge is 0.293 e. The van der Waals surface area contributed by atoms with Crippen molar-refractivity contribution in [2.75, 3.05) is 0 Å². The van der Waals surface area contributed by atoms with E-state index in [1.807, 2.05) is 0 Å². The molecule has 0 aromatic carbocycles. The number of nitrogens with zero attached hydrogens (tertiary/aromatic N) is 4. The average molecular weight is 223 g/mol. The van der Waals surface area contributed by atoms with Gasteiger partial charge in [0.15, 0.2) is 5.78 Å². The van der Waals surface area contributed by atoms with Crippen molar-refractivity contribution in [3.05, 3.63) is 35.4 Å². The maximum Gasteiger partial charge on any atom is 0.252 e. The summed E-state index contributed by atoms with van der Waals surface area (Å²) in [7, 11) is 0. The summed E-state index contributed by atoms with van der Waals surface area (Å²) in [6, 6.07) is 3.16. The minimum Gasteiger partial charge on any atom is -0.293 e. The molecule has 0 unspecified atom stereocenters. The molecule has 2 heterocycles. The van der Waals surface area contributed by atoms with Gasteiger partial charge in [-0.2, -0.15) is 10.1 Å². The fraction of sp³-hybridized carbons (Fsp3) is 0.111. The maximum absolute atomic E-state index is 11.1. The smallest absolute Gasteiger partial charge is 0.252 e. The molecule has 2 rings (SSSR count). The van der Waals surface area contributed by atoms with Crippen LogP contribution in [0.5, 0.6) is 0 Å². The van der Waals surface area contributed by atoms with Gasteiger partial charge in [-0.25, -0.2) is 9.67 Å². The van der Waals surface area contributed by atoms with Crippen LogP contribution in [0.1, 0.15) is 17.4 Å². The number of ketones is 1. The Morgan fingerprint density at radius 3 is 2.87 bits per heavy atom. The number of carbonyl (C=O) groups excluding carboxylic acids is 1. The lowest BCUT2D eigenvalue weighted by Crippen LogP contribution is -2.06. The van der Waals surface area contributed by atoms with Crippen molar-refractivity contribution in [2.45, 2.75) is 6.92 Å². The number of carbonyl (C=O) groups is 1. The second-order valence-electron chi connectivity index (χ2n) is 2.88. The Morgan fingerprint density at radius 2 is 2.27 bits per heavy atom. The van der Waals surface area contributed by atoms with E-state index in [4.69, 9.17) is 11.6 Å². The zero-order valence-corrected chi connectivity index (χ0v) is 8.64. The Bertz CT molecular complexity index is 495. The third-order valence-corrected chi connectivity index (χ3v) is 1.95. The number of rotatable bonds is 2. The van der Waals surface area contributed by atoms with E-state index in [1.54, 1.807) is 18.5 Å². The van der Waals surface area contributed by atoms with Crippen LogP contribution in [-0.2, 0) is 0 Å². The Kier molecular flexibility index (Phi) is 2.47. The van der Waals surface area contributed by atoms with Crippen molar-refractivity contribution in [3.63, 3.8) is 0 Å². The Morgan fingerprint density at radius 1 is 1.47 bits per heavy atom. The molecule has 15 heavy (non-hydrogen) atoms. The first-order chi connectivity index (χ1) is 7.16. The first-order valence-corrected chi connectivity index (χ1v) is 4.60. The second-order valence-corrected chi connectivity index (χ2v) is 3.27. The van der Waals surface area contributed by atoms with E-state index >= 15 is 0 Å². The molecule has 76 valence electrons. The summed E-state index contributed by atoms with van der Waals surface area (Å²) in [5.41, 5.74) is 0.278. The van der Waals surface area contributed by atoms with Gasteiger partial charge in [0.1, 0.15) is 10.8 Å². The molecule has 0 saturated carbocycles. The monoisotopic (exact) mass is 222 g/mol. The van der Waals surface area contributed by atoms with Gasteiger partial charge in [0, 0.05) is 25.4 Å². The van der Waals surface area contributed by atoms with Gasteiger partial charge in [0.2, 0.25) is 0 Å². The van der Waals surface area contributed by atoms with Crippen LogP contribution in [0.2, 0.25) is 5.15 Å². The number of aromatic nitrogens is 4. The molecule has 0 aliphatic rings. The van der Waals surface area contributed by atoms with Gasteiger partial charge in [0.05, 0.1) is 0 Å². The van der Waals surface area contributed by atoms with Crippen molar-refractivity contribution in [2.24, 2.45) is 0 Å². The molecule has 0 bridgehead atoms. The summed E-state index contributed by atoms with van der Waals surface area (Å²) in [5, 5.41) is 4.17. The predicted molar refractivity (Wildman–Crippen MR) is 54.2 cm³/mol. The molecule has 5 nitrogen and oxygen atoms in total. The number of halogens is 1. The quantitative estimate of drug-likeness (QED) is 0.571. The SMILES string of the molecule is CC(=O)c1cc(Cl)nc(-n2cccn2)n1. The molecule has 0 amide bonds. The van der Waals surface area contributed by atoms with E-state index in [0.29, 0.717) is 0 Å². The van der Waals surface area contributed by atoms with E-state index in [0.717, 1.165) is 0 Å². The van der Waals surface area contributed by atoms with Crippen molar-refractivity contribution in [3.8, 4) is 5.95 Å². The molecule has 2 aromatic heterocycles. The van der Waals surface area contributed by atoms with Crippen LogP contribution < -0.4 is 0 Å². The average Bonchev–Trinajstić information content (AvgIpc) is 2.69. The van der Waals surface area contributed by atoms with E-state index in [2.05, 4.69) is 15.1 Å². The summed E-state index contributed by atoms with van der Waals surface area (Å²) in [6.07, 6.45) is 3.27. The molecule has 0 radical (unpaired) electrons. The van der Waals surface area contributed by atoms with Crippen molar-refractivity contribution in [1.82, 2.24) is 19.7 Å². The van der Waals surface area contributed by atoms with Crippen LogP contribution in [0, 0.1) is 0 Å². The summed E-state index contributed by atoms with van der Waals surface area (Å²) < 4.78 is 1.44. The molecular formula is C9H7ClN4O. The molecule has 0 aliphatic carbocycles. The molecule has 6 heteroatoms. The lowest BCUT2D eigenvalue weighted by atomic mass is 10.3. The molecule has 0 spiro atoms. The van der Waals surface area contributed by atoms with Crippen molar-refractivity contribution >= 4 is 17.4 Å². The molecule has 0 atom stereocenters. The highest BCUT2D eigenvalue weighted by molar-refractivity contribution is 6.29. The van der Waals surface area contributed by atoms with Crippen LogP contribution in [-0.4, -0.2) is 25.5 Å². The van der Waals surface area contributed by atoms with E-state index in [1.165, 1.54) is 17.7 Å². The Labute approximate surface area is 90.7 Å². The maximum atomic E-state index is 11.1. The zero-order chi connectivity index (χ0) is 10.8. The molecule has 0 saturated heterocycles. The van der Waals surface area contributed by atoms with Gasteiger partial charge in [0.25, 0.3) is 5.95 Å². The second kappa shape index (κ2) is 3.78. The Hall–Kier alpha value is -1.75. The Balaban J connectivity index is 2.54. The fourth-order valence-corrected chi connectivity index (χ4v) is 1.25. The van der Waals surface area contributed by atoms with Gasteiger partial charge < -0.3 is 0 Å². The summed E-state index contributed by atoms with van der Waals surface area (Å²) in [6.45, 7) is 1.42. The number of hydrogen-bond acceptors (Lipinski definition) is 4. The van der Waals surface area contributed by atoms with Gasteiger partial charge in [-0.05, 0) is 6.07 Å².